The number of primary amides is 1. The highest BCUT2D eigenvalue weighted by molar-refractivity contribution is 5.98. The number of anilines is 4. The van der Waals surface area contributed by atoms with Crippen LogP contribution >= 0.6 is 0 Å². The number of carbonyl (C=O) groups is 1. The first kappa shape index (κ1) is 23.9. The van der Waals surface area contributed by atoms with Crippen LogP contribution in [0, 0.1) is 23.0 Å². The summed E-state index contributed by atoms with van der Waals surface area (Å²) in [4.78, 5) is 18.1. The number of rotatable bonds is 7. The summed E-state index contributed by atoms with van der Waals surface area (Å²) in [5.41, 5.74) is 8.15. The average Bonchev–Trinajstić information content (AvgIpc) is 2.82. The van der Waals surface area contributed by atoms with Gasteiger partial charge in [-0.2, -0.15) is 5.26 Å². The standard InChI is InChI=1S/C25H24F2N6O2/c26-17-7-15(8-18(27)10-17)13-30-22-11-24(31-14-21(22)25(29)35)32-19-1-2-23(16(9-19)12-28)33-5-3-20(34)4-6-33/h1-2,7-11,14,20,34H,3-6,13H2,(H2,29,35)(H2,30,31,32). The number of nitrogens with one attached hydrogen (secondary N) is 2. The molecular formula is C25H24F2N6O2. The number of aromatic nitrogens is 1. The average molecular weight is 479 g/mol. The Labute approximate surface area is 201 Å². The highest BCUT2D eigenvalue weighted by Gasteiger charge is 2.20. The van der Waals surface area contributed by atoms with Crippen molar-refractivity contribution in [1.82, 2.24) is 4.98 Å². The summed E-state index contributed by atoms with van der Waals surface area (Å²) < 4.78 is 27.0. The lowest BCUT2D eigenvalue weighted by Crippen LogP contribution is -2.36. The fourth-order valence-corrected chi connectivity index (χ4v) is 4.01. The van der Waals surface area contributed by atoms with Crippen LogP contribution in [-0.2, 0) is 6.54 Å². The summed E-state index contributed by atoms with van der Waals surface area (Å²) in [6, 6.07) is 12.3. The molecule has 5 N–H and O–H groups in total. The Kier molecular flexibility index (Phi) is 7.08. The Bertz CT molecular complexity index is 1270. The number of pyridine rings is 1. The second-order valence-corrected chi connectivity index (χ2v) is 8.30. The van der Waals surface area contributed by atoms with Crippen LogP contribution in [0.25, 0.3) is 0 Å². The van der Waals surface area contributed by atoms with Crippen molar-refractivity contribution in [3.8, 4) is 6.07 Å². The minimum absolute atomic E-state index is 0.0518. The van der Waals surface area contributed by atoms with Crippen molar-refractivity contribution >= 4 is 28.8 Å². The van der Waals surface area contributed by atoms with Crippen LogP contribution in [0.2, 0.25) is 0 Å². The number of benzene rings is 2. The molecule has 0 radical (unpaired) electrons. The molecule has 10 heteroatoms. The molecule has 2 aromatic carbocycles. The largest absolute Gasteiger partial charge is 0.393 e. The number of carbonyl (C=O) groups excluding carboxylic acids is 1. The molecule has 3 aromatic rings. The molecular weight excluding hydrogens is 454 g/mol. The molecule has 8 nitrogen and oxygen atoms in total. The zero-order valence-corrected chi connectivity index (χ0v) is 18.8. The van der Waals surface area contributed by atoms with Crippen molar-refractivity contribution in [3.05, 3.63) is 77.0 Å². The van der Waals surface area contributed by atoms with Gasteiger partial charge in [-0.3, -0.25) is 4.79 Å². The number of hydrogen-bond acceptors (Lipinski definition) is 7. The number of nitrogens with two attached hydrogens (primary N) is 1. The van der Waals surface area contributed by atoms with E-state index in [-0.39, 0.29) is 18.2 Å². The fraction of sp³-hybridized carbons (Fsp3) is 0.240. The summed E-state index contributed by atoms with van der Waals surface area (Å²) >= 11 is 0. The molecule has 1 amide bonds. The highest BCUT2D eigenvalue weighted by atomic mass is 19.1. The molecule has 0 saturated carbocycles. The minimum Gasteiger partial charge on any atom is -0.393 e. The van der Waals surface area contributed by atoms with Gasteiger partial charge in [0.25, 0.3) is 5.91 Å². The first-order valence-electron chi connectivity index (χ1n) is 11.1. The van der Waals surface area contributed by atoms with Crippen LogP contribution in [0.15, 0.2) is 48.7 Å². The quantitative estimate of drug-likeness (QED) is 0.408. The van der Waals surface area contributed by atoms with E-state index in [0.717, 1.165) is 11.8 Å². The van der Waals surface area contributed by atoms with Crippen molar-refractivity contribution in [1.29, 1.82) is 5.26 Å². The Balaban J connectivity index is 1.54. The van der Waals surface area contributed by atoms with E-state index >= 15 is 0 Å². The van der Waals surface area contributed by atoms with Gasteiger partial charge in [-0.1, -0.05) is 0 Å². The maximum atomic E-state index is 13.5. The van der Waals surface area contributed by atoms with Crippen LogP contribution in [-0.4, -0.2) is 35.2 Å². The summed E-state index contributed by atoms with van der Waals surface area (Å²) in [6.07, 6.45) is 2.30. The predicted octanol–water partition coefficient (Wildman–Crippen LogP) is 3.65. The third-order valence-electron chi connectivity index (χ3n) is 5.77. The summed E-state index contributed by atoms with van der Waals surface area (Å²) in [5, 5.41) is 25.5. The van der Waals surface area contributed by atoms with Gasteiger partial charge in [0.05, 0.1) is 28.6 Å². The molecule has 180 valence electrons. The van der Waals surface area contributed by atoms with Crippen LogP contribution in [0.1, 0.15) is 34.3 Å². The molecule has 0 unspecified atom stereocenters. The number of nitriles is 1. The van der Waals surface area contributed by atoms with Crippen molar-refractivity contribution in [3.63, 3.8) is 0 Å². The molecule has 2 heterocycles. The van der Waals surface area contributed by atoms with E-state index in [1.807, 2.05) is 12.1 Å². The normalized spacial score (nSPS) is 13.8. The Morgan fingerprint density at radius 1 is 1.17 bits per heavy atom. The zero-order chi connectivity index (χ0) is 24.9. The molecule has 1 aromatic heterocycles. The lowest BCUT2D eigenvalue weighted by molar-refractivity contribution is 0.100. The third kappa shape index (κ3) is 5.83. The Hall–Kier alpha value is -4.23. The molecule has 0 spiro atoms. The Morgan fingerprint density at radius 3 is 2.54 bits per heavy atom. The van der Waals surface area contributed by atoms with E-state index < -0.39 is 17.5 Å². The van der Waals surface area contributed by atoms with Gasteiger partial charge in [0.1, 0.15) is 23.5 Å². The number of halogens is 2. The SMILES string of the molecule is N#Cc1cc(Nc2cc(NCc3cc(F)cc(F)c3)c(C(N)=O)cn2)ccc1N1CCC(O)CC1. The van der Waals surface area contributed by atoms with E-state index in [4.69, 9.17) is 5.73 Å². The van der Waals surface area contributed by atoms with Gasteiger partial charge in [-0.15, -0.1) is 0 Å². The predicted molar refractivity (Wildman–Crippen MR) is 128 cm³/mol. The van der Waals surface area contributed by atoms with Crippen molar-refractivity contribution < 1.29 is 18.7 Å². The van der Waals surface area contributed by atoms with Gasteiger partial charge in [-0.25, -0.2) is 13.8 Å². The number of aliphatic hydroxyl groups is 1. The molecule has 0 atom stereocenters. The molecule has 1 saturated heterocycles. The summed E-state index contributed by atoms with van der Waals surface area (Å²) in [5.74, 6) is -1.74. The highest BCUT2D eigenvalue weighted by Crippen LogP contribution is 2.29. The molecule has 1 aliphatic rings. The molecule has 1 fully saturated rings. The molecule has 1 aliphatic heterocycles. The van der Waals surface area contributed by atoms with Crippen LogP contribution in [0.4, 0.5) is 31.7 Å². The maximum Gasteiger partial charge on any atom is 0.252 e. The first-order valence-corrected chi connectivity index (χ1v) is 11.1. The van der Waals surface area contributed by atoms with Gasteiger partial charge in [0.15, 0.2) is 0 Å². The van der Waals surface area contributed by atoms with Gasteiger partial charge in [0.2, 0.25) is 0 Å². The second-order valence-electron chi connectivity index (χ2n) is 8.30. The minimum atomic E-state index is -0.709. The number of hydrogen-bond donors (Lipinski definition) is 4. The molecule has 0 aliphatic carbocycles. The van der Waals surface area contributed by atoms with E-state index in [1.165, 1.54) is 18.3 Å². The lowest BCUT2D eigenvalue weighted by Gasteiger charge is -2.32. The topological polar surface area (TPSA) is 127 Å². The lowest BCUT2D eigenvalue weighted by atomic mass is 10.0. The number of amides is 1. The number of nitrogens with zero attached hydrogens (tertiary/aromatic N) is 3. The summed E-state index contributed by atoms with van der Waals surface area (Å²) in [7, 11) is 0. The van der Waals surface area contributed by atoms with E-state index in [0.29, 0.717) is 54.3 Å². The van der Waals surface area contributed by atoms with Gasteiger partial charge < -0.3 is 26.4 Å². The maximum absolute atomic E-state index is 13.5. The number of aliphatic hydroxyl groups excluding tert-OH is 1. The number of piperidine rings is 1. The second kappa shape index (κ2) is 10.4. The monoisotopic (exact) mass is 478 g/mol. The smallest absolute Gasteiger partial charge is 0.252 e. The molecule has 0 bridgehead atoms. The molecule has 35 heavy (non-hydrogen) atoms. The van der Waals surface area contributed by atoms with Gasteiger partial charge >= 0.3 is 0 Å². The Morgan fingerprint density at radius 2 is 1.89 bits per heavy atom. The van der Waals surface area contributed by atoms with Gasteiger partial charge in [-0.05, 0) is 48.7 Å². The zero-order valence-electron chi connectivity index (χ0n) is 18.8. The van der Waals surface area contributed by atoms with Gasteiger partial charge in [0, 0.05) is 43.7 Å². The molecule has 4 rings (SSSR count). The van der Waals surface area contributed by atoms with Crippen molar-refractivity contribution in [2.24, 2.45) is 5.73 Å². The van der Waals surface area contributed by atoms with E-state index in [9.17, 15) is 23.9 Å². The van der Waals surface area contributed by atoms with Crippen LogP contribution in [0.5, 0.6) is 0 Å². The third-order valence-corrected chi connectivity index (χ3v) is 5.77. The fourth-order valence-electron chi connectivity index (χ4n) is 4.01. The van der Waals surface area contributed by atoms with Crippen molar-refractivity contribution in [2.45, 2.75) is 25.5 Å². The van der Waals surface area contributed by atoms with Crippen LogP contribution < -0.4 is 21.3 Å². The van der Waals surface area contributed by atoms with E-state index in [2.05, 4.69) is 26.6 Å². The summed E-state index contributed by atoms with van der Waals surface area (Å²) in [6.45, 7) is 1.39. The first-order chi connectivity index (χ1) is 16.8. The van der Waals surface area contributed by atoms with Crippen molar-refractivity contribution in [2.75, 3.05) is 28.6 Å². The van der Waals surface area contributed by atoms with E-state index in [1.54, 1.807) is 12.1 Å². The van der Waals surface area contributed by atoms with Crippen LogP contribution in [0.3, 0.4) is 0 Å².